The number of aromatic nitrogens is 1. The van der Waals surface area contributed by atoms with E-state index in [4.69, 9.17) is 5.84 Å². The molecule has 5 heteroatoms. The third kappa shape index (κ3) is 2.61. The summed E-state index contributed by atoms with van der Waals surface area (Å²) in [4.78, 5) is 18.3. The second-order valence-electron chi connectivity index (χ2n) is 5.07. The number of hydrogen-bond acceptors (Lipinski definition) is 4. The summed E-state index contributed by atoms with van der Waals surface area (Å²) in [5.74, 6) is 7.11. The Morgan fingerprint density at radius 2 is 2.22 bits per heavy atom. The number of carbonyl (C=O) groups excluding carboxylic acids is 1. The van der Waals surface area contributed by atoms with Gasteiger partial charge in [0.1, 0.15) is 5.82 Å². The van der Waals surface area contributed by atoms with E-state index < -0.39 is 0 Å². The monoisotopic (exact) mass is 248 g/mol. The van der Waals surface area contributed by atoms with Gasteiger partial charge in [-0.15, -0.1) is 0 Å². The van der Waals surface area contributed by atoms with Gasteiger partial charge in [0.05, 0.1) is 5.56 Å². The summed E-state index contributed by atoms with van der Waals surface area (Å²) < 4.78 is 0. The highest BCUT2D eigenvalue weighted by Crippen LogP contribution is 2.23. The van der Waals surface area contributed by atoms with Crippen molar-refractivity contribution in [2.45, 2.75) is 20.3 Å². The first-order valence-corrected chi connectivity index (χ1v) is 6.33. The summed E-state index contributed by atoms with van der Waals surface area (Å²) in [7, 11) is 0. The summed E-state index contributed by atoms with van der Waals surface area (Å²) in [5.41, 5.74) is 3.07. The van der Waals surface area contributed by atoms with E-state index in [1.165, 1.54) is 0 Å². The minimum atomic E-state index is 0.0600. The van der Waals surface area contributed by atoms with E-state index in [1.807, 2.05) is 4.90 Å². The zero-order chi connectivity index (χ0) is 13.1. The lowest BCUT2D eigenvalue weighted by Crippen LogP contribution is -2.42. The van der Waals surface area contributed by atoms with Crippen molar-refractivity contribution < 1.29 is 4.79 Å². The Labute approximate surface area is 107 Å². The summed E-state index contributed by atoms with van der Waals surface area (Å²) >= 11 is 0. The van der Waals surface area contributed by atoms with Gasteiger partial charge in [-0.3, -0.25) is 4.79 Å². The van der Waals surface area contributed by atoms with Crippen LogP contribution in [0.5, 0.6) is 0 Å². The normalized spacial score (nSPS) is 23.8. The van der Waals surface area contributed by atoms with E-state index >= 15 is 0 Å². The fraction of sp³-hybridized carbons (Fsp3) is 0.538. The maximum atomic E-state index is 12.3. The Morgan fingerprint density at radius 1 is 1.44 bits per heavy atom. The third-order valence-electron chi connectivity index (χ3n) is 3.78. The second-order valence-corrected chi connectivity index (χ2v) is 5.07. The van der Waals surface area contributed by atoms with E-state index in [1.54, 1.807) is 18.3 Å². The zero-order valence-electron chi connectivity index (χ0n) is 10.9. The largest absolute Gasteiger partial charge is 0.338 e. The van der Waals surface area contributed by atoms with Crippen LogP contribution in [0.1, 0.15) is 30.6 Å². The molecule has 1 aliphatic rings. The van der Waals surface area contributed by atoms with Crippen LogP contribution in [0, 0.1) is 11.8 Å². The van der Waals surface area contributed by atoms with Gasteiger partial charge in [-0.1, -0.05) is 13.8 Å². The van der Waals surface area contributed by atoms with Crippen LogP contribution in [-0.4, -0.2) is 28.9 Å². The van der Waals surface area contributed by atoms with Crippen LogP contribution < -0.4 is 11.3 Å². The molecule has 0 radical (unpaired) electrons. The molecule has 3 N–H and O–H groups in total. The molecule has 1 amide bonds. The number of nitrogen functional groups attached to an aromatic ring is 1. The Kier molecular flexibility index (Phi) is 3.81. The number of anilines is 1. The maximum absolute atomic E-state index is 12.3. The van der Waals surface area contributed by atoms with Gasteiger partial charge in [0.15, 0.2) is 0 Å². The summed E-state index contributed by atoms with van der Waals surface area (Å²) in [5, 5.41) is 0. The van der Waals surface area contributed by atoms with Gasteiger partial charge in [0.2, 0.25) is 0 Å². The van der Waals surface area contributed by atoms with Crippen LogP contribution in [0.4, 0.5) is 5.82 Å². The molecule has 5 nitrogen and oxygen atoms in total. The lowest BCUT2D eigenvalue weighted by atomic mass is 9.88. The van der Waals surface area contributed by atoms with Crippen molar-refractivity contribution in [1.82, 2.24) is 9.88 Å². The van der Waals surface area contributed by atoms with Gasteiger partial charge < -0.3 is 10.3 Å². The smallest absolute Gasteiger partial charge is 0.255 e. The third-order valence-corrected chi connectivity index (χ3v) is 3.78. The Morgan fingerprint density at radius 3 is 2.78 bits per heavy atom. The minimum absolute atomic E-state index is 0.0600. The maximum Gasteiger partial charge on any atom is 0.255 e. The number of pyridine rings is 1. The second kappa shape index (κ2) is 5.35. The lowest BCUT2D eigenvalue weighted by molar-refractivity contribution is 0.0627. The Balaban J connectivity index is 2.06. The predicted octanol–water partition coefficient (Wildman–Crippen LogP) is 1.49. The predicted molar refractivity (Wildman–Crippen MR) is 70.9 cm³/mol. The number of likely N-dealkylation sites (tertiary alicyclic amines) is 1. The highest BCUT2D eigenvalue weighted by Gasteiger charge is 2.26. The molecule has 0 bridgehead atoms. The SMILES string of the molecule is CC1CCN(C(=O)c2ccc(NN)nc2)CC1C. The van der Waals surface area contributed by atoms with Crippen LogP contribution in [-0.2, 0) is 0 Å². The average Bonchev–Trinajstić information content (AvgIpc) is 2.41. The Bertz CT molecular complexity index is 418. The molecular weight excluding hydrogens is 228 g/mol. The molecule has 0 spiro atoms. The molecule has 18 heavy (non-hydrogen) atoms. The summed E-state index contributed by atoms with van der Waals surface area (Å²) in [6.45, 7) is 6.11. The lowest BCUT2D eigenvalue weighted by Gasteiger charge is -2.35. The van der Waals surface area contributed by atoms with Gasteiger partial charge in [-0.05, 0) is 30.4 Å². The molecule has 2 rings (SSSR count). The van der Waals surface area contributed by atoms with Crippen LogP contribution in [0.25, 0.3) is 0 Å². The molecule has 98 valence electrons. The zero-order valence-corrected chi connectivity index (χ0v) is 10.9. The van der Waals surface area contributed by atoms with Crippen LogP contribution in [0.3, 0.4) is 0 Å². The van der Waals surface area contributed by atoms with Gasteiger partial charge in [-0.2, -0.15) is 0 Å². The standard InChI is InChI=1S/C13H20N4O/c1-9-5-6-17(8-10(9)2)13(18)11-3-4-12(16-14)15-7-11/h3-4,7,9-10H,5-6,8,14H2,1-2H3,(H,15,16). The fourth-order valence-electron chi connectivity index (χ4n) is 2.24. The van der Waals surface area contributed by atoms with Crippen molar-refractivity contribution in [3.05, 3.63) is 23.9 Å². The molecule has 0 aliphatic carbocycles. The van der Waals surface area contributed by atoms with E-state index in [-0.39, 0.29) is 5.91 Å². The number of nitrogens with two attached hydrogens (primary N) is 1. The minimum Gasteiger partial charge on any atom is -0.338 e. The highest BCUT2D eigenvalue weighted by molar-refractivity contribution is 5.94. The highest BCUT2D eigenvalue weighted by atomic mass is 16.2. The number of hydrogen-bond donors (Lipinski definition) is 2. The number of carbonyl (C=O) groups is 1. The van der Waals surface area contributed by atoms with Gasteiger partial charge in [-0.25, -0.2) is 10.8 Å². The van der Waals surface area contributed by atoms with Crippen molar-refractivity contribution in [1.29, 1.82) is 0 Å². The van der Waals surface area contributed by atoms with E-state index in [9.17, 15) is 4.79 Å². The summed E-state index contributed by atoms with van der Waals surface area (Å²) in [6.07, 6.45) is 2.64. The first-order chi connectivity index (χ1) is 8.61. The molecule has 2 atom stereocenters. The molecule has 2 unspecified atom stereocenters. The van der Waals surface area contributed by atoms with E-state index in [2.05, 4.69) is 24.3 Å². The number of amides is 1. The van der Waals surface area contributed by atoms with Crippen LogP contribution in [0.15, 0.2) is 18.3 Å². The van der Waals surface area contributed by atoms with Gasteiger partial charge in [0.25, 0.3) is 5.91 Å². The van der Waals surface area contributed by atoms with Crippen LogP contribution in [0.2, 0.25) is 0 Å². The number of piperidine rings is 1. The van der Waals surface area contributed by atoms with E-state index in [0.717, 1.165) is 19.5 Å². The molecule has 0 saturated carbocycles. The first-order valence-electron chi connectivity index (χ1n) is 6.33. The molecule has 2 heterocycles. The van der Waals surface area contributed by atoms with Gasteiger partial charge in [0, 0.05) is 19.3 Å². The number of nitrogens with zero attached hydrogens (tertiary/aromatic N) is 2. The summed E-state index contributed by atoms with van der Waals surface area (Å²) in [6, 6.07) is 3.47. The van der Waals surface area contributed by atoms with Crippen molar-refractivity contribution in [3.63, 3.8) is 0 Å². The average molecular weight is 248 g/mol. The molecular formula is C13H20N4O. The fourth-order valence-corrected chi connectivity index (χ4v) is 2.24. The molecule has 1 aromatic heterocycles. The van der Waals surface area contributed by atoms with Crippen molar-refractivity contribution in [2.75, 3.05) is 18.5 Å². The Hall–Kier alpha value is -1.62. The number of rotatable bonds is 2. The molecule has 1 aromatic rings. The molecule has 1 saturated heterocycles. The van der Waals surface area contributed by atoms with Crippen LogP contribution >= 0.6 is 0 Å². The van der Waals surface area contributed by atoms with Crippen molar-refractivity contribution >= 4 is 11.7 Å². The van der Waals surface area contributed by atoms with E-state index in [0.29, 0.717) is 23.2 Å². The number of nitrogens with one attached hydrogen (secondary N) is 1. The van der Waals surface area contributed by atoms with Gasteiger partial charge >= 0.3 is 0 Å². The first kappa shape index (κ1) is 12.8. The topological polar surface area (TPSA) is 71.2 Å². The molecule has 1 aliphatic heterocycles. The molecule has 0 aromatic carbocycles. The van der Waals surface area contributed by atoms with Crippen molar-refractivity contribution in [3.8, 4) is 0 Å². The molecule has 1 fully saturated rings. The van der Waals surface area contributed by atoms with Crippen molar-refractivity contribution in [2.24, 2.45) is 17.7 Å². The quantitative estimate of drug-likeness (QED) is 0.614. The number of hydrazine groups is 1.